The van der Waals surface area contributed by atoms with Gasteiger partial charge in [0, 0.05) is 0 Å². The van der Waals surface area contributed by atoms with E-state index in [1.54, 1.807) is 59.3 Å². The van der Waals surface area contributed by atoms with Gasteiger partial charge in [-0.2, -0.15) is 26.3 Å². The summed E-state index contributed by atoms with van der Waals surface area (Å²) in [6.45, 7) is 15.3. The standard InChI is InChI=1S/C21H36.C4H4F6O.C4H10O/c1-19(2)12-7-10-18-16(19)11-13-21(18)14-20(3,4)15-8-5-6-9-17(15)21;1-2(11,3(5,6)7)4(8,9)10;1-4(2,3)5/h15-18H,5-14H2,1-4H3;11H,1H3;5H,1-3H3. The van der Waals surface area contributed by atoms with Gasteiger partial charge in [0.1, 0.15) is 0 Å². The molecule has 0 heterocycles. The molecule has 37 heavy (non-hydrogen) atoms. The molecule has 0 saturated heterocycles. The number of rotatable bonds is 0. The third-order valence-electron chi connectivity index (χ3n) is 9.88. The van der Waals surface area contributed by atoms with Crippen LogP contribution in [-0.4, -0.2) is 33.8 Å². The van der Waals surface area contributed by atoms with Gasteiger partial charge < -0.3 is 10.2 Å². The van der Waals surface area contributed by atoms with Crippen molar-refractivity contribution in [3.63, 3.8) is 0 Å². The molecular weight excluding hydrogens is 494 g/mol. The lowest BCUT2D eigenvalue weighted by Gasteiger charge is -2.48. The molecule has 4 aliphatic carbocycles. The van der Waals surface area contributed by atoms with Crippen LogP contribution in [0.2, 0.25) is 0 Å². The highest BCUT2D eigenvalue weighted by atomic mass is 19.4. The van der Waals surface area contributed by atoms with Crippen molar-refractivity contribution < 1.29 is 36.6 Å². The van der Waals surface area contributed by atoms with E-state index in [2.05, 4.69) is 27.7 Å². The zero-order valence-corrected chi connectivity index (χ0v) is 24.0. The Bertz CT molecular complexity index is 740. The molecular formula is C29H50F6O2. The summed E-state index contributed by atoms with van der Waals surface area (Å²) in [4.78, 5) is 0. The second-order valence-electron chi connectivity index (χ2n) is 14.8. The largest absolute Gasteiger partial charge is 0.425 e. The molecule has 220 valence electrons. The molecule has 4 fully saturated rings. The Balaban J connectivity index is 0.000000255. The van der Waals surface area contributed by atoms with Gasteiger partial charge in [-0.05, 0) is 113 Å². The molecule has 2 N–H and O–H groups in total. The fourth-order valence-corrected chi connectivity index (χ4v) is 8.30. The molecule has 0 aliphatic heterocycles. The van der Waals surface area contributed by atoms with Gasteiger partial charge in [-0.1, -0.05) is 47.0 Å². The van der Waals surface area contributed by atoms with Crippen molar-refractivity contribution in [1.29, 1.82) is 0 Å². The van der Waals surface area contributed by atoms with Crippen molar-refractivity contribution in [3.8, 4) is 0 Å². The fraction of sp³-hybridized carbons (Fsp3) is 1.00. The van der Waals surface area contributed by atoms with E-state index in [4.69, 9.17) is 10.2 Å². The van der Waals surface area contributed by atoms with E-state index in [-0.39, 0.29) is 6.92 Å². The minimum atomic E-state index is -5.69. The lowest BCUT2D eigenvalue weighted by Crippen LogP contribution is -2.54. The average Bonchev–Trinajstić information content (AvgIpc) is 3.16. The summed E-state index contributed by atoms with van der Waals surface area (Å²) < 4.78 is 68.2. The Morgan fingerprint density at radius 3 is 1.35 bits per heavy atom. The molecule has 0 radical (unpaired) electrons. The molecule has 5 atom stereocenters. The molecule has 0 aromatic rings. The monoisotopic (exact) mass is 544 g/mol. The van der Waals surface area contributed by atoms with Crippen molar-refractivity contribution >= 4 is 0 Å². The van der Waals surface area contributed by atoms with Gasteiger partial charge in [-0.25, -0.2) is 0 Å². The first-order valence-electron chi connectivity index (χ1n) is 13.9. The third kappa shape index (κ3) is 6.99. The first kappa shape index (κ1) is 32.7. The lowest BCUT2D eigenvalue weighted by atomic mass is 9.56. The summed E-state index contributed by atoms with van der Waals surface area (Å²) in [6.07, 6.45) is 4.03. The van der Waals surface area contributed by atoms with Gasteiger partial charge in [-0.3, -0.25) is 0 Å². The molecule has 2 nitrogen and oxygen atoms in total. The highest BCUT2D eigenvalue weighted by Crippen LogP contribution is 2.73. The fourth-order valence-electron chi connectivity index (χ4n) is 8.30. The van der Waals surface area contributed by atoms with Crippen LogP contribution in [0, 0.1) is 39.9 Å². The van der Waals surface area contributed by atoms with Gasteiger partial charge >= 0.3 is 12.4 Å². The van der Waals surface area contributed by atoms with Crippen LogP contribution >= 0.6 is 0 Å². The van der Waals surface area contributed by atoms with Crippen LogP contribution in [0.4, 0.5) is 26.3 Å². The molecule has 5 unspecified atom stereocenters. The third-order valence-corrected chi connectivity index (χ3v) is 9.88. The predicted molar refractivity (Wildman–Crippen MR) is 135 cm³/mol. The van der Waals surface area contributed by atoms with Crippen LogP contribution in [0.5, 0.6) is 0 Å². The smallest absolute Gasteiger partial charge is 0.391 e. The van der Waals surface area contributed by atoms with E-state index in [9.17, 15) is 26.3 Å². The van der Waals surface area contributed by atoms with Crippen molar-refractivity contribution in [2.45, 2.75) is 143 Å². The number of alkyl halides is 6. The van der Waals surface area contributed by atoms with E-state index in [1.165, 1.54) is 25.7 Å². The van der Waals surface area contributed by atoms with Gasteiger partial charge in [0.2, 0.25) is 0 Å². The van der Waals surface area contributed by atoms with Crippen LogP contribution in [0.15, 0.2) is 0 Å². The number of fused-ring (bicyclic) bond motifs is 4. The minimum absolute atomic E-state index is 0.340. The van der Waals surface area contributed by atoms with Gasteiger partial charge in [0.05, 0.1) is 5.60 Å². The van der Waals surface area contributed by atoms with Crippen molar-refractivity contribution in [2.75, 3.05) is 0 Å². The van der Waals surface area contributed by atoms with Crippen LogP contribution in [0.1, 0.15) is 120 Å². The average molecular weight is 545 g/mol. The van der Waals surface area contributed by atoms with Gasteiger partial charge in [-0.15, -0.1) is 0 Å². The maximum absolute atomic E-state index is 11.4. The van der Waals surface area contributed by atoms with Crippen molar-refractivity contribution in [3.05, 3.63) is 0 Å². The molecule has 4 saturated carbocycles. The number of aliphatic hydroxyl groups is 2. The first-order chi connectivity index (χ1) is 16.4. The predicted octanol–water partition coefficient (Wildman–Crippen LogP) is 9.08. The molecule has 4 rings (SSSR count). The molecule has 0 aromatic heterocycles. The molecule has 0 amide bonds. The Kier molecular flexibility index (Phi) is 9.26. The molecule has 1 spiro atoms. The van der Waals surface area contributed by atoms with E-state index in [0.717, 1.165) is 29.1 Å². The van der Waals surface area contributed by atoms with Crippen molar-refractivity contribution in [1.82, 2.24) is 0 Å². The summed E-state index contributed by atoms with van der Waals surface area (Å²) in [5.41, 5.74) is -3.11. The number of halogens is 6. The van der Waals surface area contributed by atoms with E-state index in [1.807, 2.05) is 0 Å². The minimum Gasteiger partial charge on any atom is -0.391 e. The van der Waals surface area contributed by atoms with Crippen molar-refractivity contribution in [2.24, 2.45) is 39.9 Å². The summed E-state index contributed by atoms with van der Waals surface area (Å²) in [7, 11) is 0. The quantitative estimate of drug-likeness (QED) is 0.299. The van der Waals surface area contributed by atoms with Crippen LogP contribution in [0.3, 0.4) is 0 Å². The second-order valence-corrected chi connectivity index (χ2v) is 14.8. The van der Waals surface area contributed by atoms with Gasteiger partial charge in [0.25, 0.3) is 5.60 Å². The van der Waals surface area contributed by atoms with E-state index in [0.29, 0.717) is 10.8 Å². The maximum atomic E-state index is 11.4. The summed E-state index contributed by atoms with van der Waals surface area (Å²) in [5, 5.41) is 16.5. The Hall–Kier alpha value is -0.500. The lowest BCUT2D eigenvalue weighted by molar-refractivity contribution is -0.360. The SMILES string of the molecule is CC(C)(C)O.CC(O)(C(F)(F)F)C(F)(F)F.CC1(C)CCCC2C1CCC21CC(C)(C)C2CCCCC21. The zero-order chi connectivity index (χ0) is 28.9. The second kappa shape index (κ2) is 10.5. The summed E-state index contributed by atoms with van der Waals surface area (Å²) in [6, 6.07) is 0. The molecule has 0 bridgehead atoms. The van der Waals surface area contributed by atoms with Crippen LogP contribution < -0.4 is 0 Å². The Morgan fingerprint density at radius 1 is 0.568 bits per heavy atom. The van der Waals surface area contributed by atoms with Crippen LogP contribution in [-0.2, 0) is 0 Å². The van der Waals surface area contributed by atoms with Crippen LogP contribution in [0.25, 0.3) is 0 Å². The maximum Gasteiger partial charge on any atom is 0.425 e. The zero-order valence-electron chi connectivity index (χ0n) is 24.0. The topological polar surface area (TPSA) is 40.5 Å². The number of hydrogen-bond acceptors (Lipinski definition) is 2. The summed E-state index contributed by atoms with van der Waals surface area (Å²) >= 11 is 0. The highest BCUT2D eigenvalue weighted by Gasteiger charge is 2.67. The van der Waals surface area contributed by atoms with Gasteiger partial charge in [0.15, 0.2) is 0 Å². The molecule has 8 heteroatoms. The van der Waals surface area contributed by atoms with E-state index >= 15 is 0 Å². The van der Waals surface area contributed by atoms with E-state index < -0.39 is 23.6 Å². The Morgan fingerprint density at radius 2 is 0.946 bits per heavy atom. The first-order valence-corrected chi connectivity index (χ1v) is 13.9. The summed E-state index contributed by atoms with van der Waals surface area (Å²) in [5.74, 6) is 4.26. The normalized spacial score (nSPS) is 35.0. The number of hydrogen-bond donors (Lipinski definition) is 2. The Labute approximate surface area is 220 Å². The molecule has 0 aromatic carbocycles. The highest BCUT2D eigenvalue weighted by molar-refractivity contribution is 5.13. The molecule has 4 aliphatic rings.